The second-order valence-electron chi connectivity index (χ2n) is 7.93. The van der Waals surface area contributed by atoms with E-state index in [0.29, 0.717) is 48.3 Å². The highest BCUT2D eigenvalue weighted by molar-refractivity contribution is 5.93. The van der Waals surface area contributed by atoms with Crippen molar-refractivity contribution in [1.29, 1.82) is 0 Å². The topological polar surface area (TPSA) is 78.4 Å². The van der Waals surface area contributed by atoms with Crippen molar-refractivity contribution in [2.24, 2.45) is 0 Å². The molecule has 2 aromatic carbocycles. The van der Waals surface area contributed by atoms with Crippen LogP contribution in [-0.2, 0) is 0 Å². The Morgan fingerprint density at radius 2 is 1.58 bits per heavy atom. The summed E-state index contributed by atoms with van der Waals surface area (Å²) in [5.74, 6) is -1.40. The molecule has 0 aliphatic carbocycles. The molecule has 0 spiro atoms. The number of nitrogens with one attached hydrogen (secondary N) is 1. The number of halogens is 2. The zero-order valence-corrected chi connectivity index (χ0v) is 18.0. The smallest absolute Gasteiger partial charge is 0.321 e. The molecule has 3 aromatic rings. The summed E-state index contributed by atoms with van der Waals surface area (Å²) in [5, 5.41) is 2.84. The normalized spacial score (nSPS) is 14.1. The Balaban J connectivity index is 1.32. The lowest BCUT2D eigenvalue weighted by Gasteiger charge is -2.36. The van der Waals surface area contributed by atoms with Gasteiger partial charge in [0.1, 0.15) is 18.0 Å². The molecule has 9 heteroatoms. The number of likely N-dealkylation sites (tertiary alicyclic amines) is 1. The molecular formula is C24H23F2N5O2. The Morgan fingerprint density at radius 1 is 0.970 bits per heavy atom. The van der Waals surface area contributed by atoms with E-state index in [9.17, 15) is 18.4 Å². The van der Waals surface area contributed by atoms with E-state index >= 15 is 0 Å². The minimum absolute atomic E-state index is 0.00406. The van der Waals surface area contributed by atoms with Gasteiger partial charge in [-0.05, 0) is 48.2 Å². The second-order valence-corrected chi connectivity index (χ2v) is 7.93. The molecule has 1 aromatic heterocycles. The van der Waals surface area contributed by atoms with Gasteiger partial charge in [0.05, 0.1) is 5.56 Å². The number of carbonyl (C=O) groups is 2. The van der Waals surface area contributed by atoms with Crippen molar-refractivity contribution in [3.05, 3.63) is 78.4 Å². The number of amides is 3. The maximum absolute atomic E-state index is 13.5. The Kier molecular flexibility index (Phi) is 6.58. The minimum Gasteiger partial charge on any atom is -0.338 e. The lowest BCUT2D eigenvalue weighted by atomic mass is 10.0. The molecule has 1 aliphatic rings. The van der Waals surface area contributed by atoms with E-state index in [2.05, 4.69) is 15.3 Å². The fourth-order valence-corrected chi connectivity index (χ4v) is 3.89. The first kappa shape index (κ1) is 22.3. The van der Waals surface area contributed by atoms with E-state index in [4.69, 9.17) is 0 Å². The summed E-state index contributed by atoms with van der Waals surface area (Å²) in [7, 11) is 1.73. The Bertz CT molecular complexity index is 1110. The average Bonchev–Trinajstić information content (AvgIpc) is 2.83. The minimum atomic E-state index is -0.645. The maximum atomic E-state index is 13.5. The van der Waals surface area contributed by atoms with Crippen LogP contribution in [0.2, 0.25) is 0 Å². The molecule has 1 fully saturated rings. The molecule has 1 N–H and O–H groups in total. The van der Waals surface area contributed by atoms with Crippen molar-refractivity contribution in [1.82, 2.24) is 19.8 Å². The van der Waals surface area contributed by atoms with Crippen LogP contribution in [0.15, 0.2) is 61.2 Å². The standard InChI is InChI=1S/C24H23F2N5O2/c1-30(22-6-8-31(9-7-22)23(32)18-13-27-15-28-14-18)24(33)29-21-4-2-16(3-5-21)17-10-19(25)12-20(26)11-17/h2-5,10-15,22H,6-9H2,1H3,(H,29,33). The molecule has 1 saturated heterocycles. The fraction of sp³-hybridized carbons (Fsp3) is 0.250. The van der Waals surface area contributed by atoms with Crippen molar-refractivity contribution in [3.8, 4) is 11.1 Å². The Labute approximate surface area is 190 Å². The van der Waals surface area contributed by atoms with Crippen molar-refractivity contribution in [3.63, 3.8) is 0 Å². The molecule has 1 aliphatic heterocycles. The Morgan fingerprint density at radius 3 is 2.18 bits per heavy atom. The van der Waals surface area contributed by atoms with Crippen LogP contribution in [0.25, 0.3) is 11.1 Å². The third-order valence-electron chi connectivity index (χ3n) is 5.76. The van der Waals surface area contributed by atoms with Gasteiger partial charge < -0.3 is 15.1 Å². The number of benzene rings is 2. The van der Waals surface area contributed by atoms with Crippen molar-refractivity contribution in [2.45, 2.75) is 18.9 Å². The van der Waals surface area contributed by atoms with Gasteiger partial charge in [0.2, 0.25) is 0 Å². The maximum Gasteiger partial charge on any atom is 0.321 e. The van der Waals surface area contributed by atoms with Crippen molar-refractivity contribution in [2.75, 3.05) is 25.5 Å². The highest BCUT2D eigenvalue weighted by atomic mass is 19.1. The van der Waals surface area contributed by atoms with E-state index in [-0.39, 0.29) is 18.0 Å². The van der Waals surface area contributed by atoms with Crippen LogP contribution in [0.3, 0.4) is 0 Å². The highest BCUT2D eigenvalue weighted by Gasteiger charge is 2.28. The van der Waals surface area contributed by atoms with E-state index in [1.165, 1.54) is 30.9 Å². The number of carbonyl (C=O) groups excluding carboxylic acids is 2. The molecule has 2 heterocycles. The largest absolute Gasteiger partial charge is 0.338 e. The molecule has 3 amide bonds. The summed E-state index contributed by atoms with van der Waals surface area (Å²) in [5.41, 5.74) is 2.09. The van der Waals surface area contributed by atoms with Crippen LogP contribution in [0.5, 0.6) is 0 Å². The van der Waals surface area contributed by atoms with Crippen molar-refractivity contribution >= 4 is 17.6 Å². The fourth-order valence-electron chi connectivity index (χ4n) is 3.89. The van der Waals surface area contributed by atoms with Crippen LogP contribution in [0.4, 0.5) is 19.3 Å². The first-order valence-corrected chi connectivity index (χ1v) is 10.6. The van der Waals surface area contributed by atoms with Crippen LogP contribution in [-0.4, -0.2) is 57.9 Å². The predicted octanol–water partition coefficient (Wildman–Crippen LogP) is 4.19. The average molecular weight is 451 g/mol. The molecule has 0 unspecified atom stereocenters. The van der Waals surface area contributed by atoms with Crippen LogP contribution >= 0.6 is 0 Å². The SMILES string of the molecule is CN(C(=O)Nc1ccc(-c2cc(F)cc(F)c2)cc1)C1CCN(C(=O)c2cncnc2)CC1. The van der Waals surface area contributed by atoms with Gasteiger partial charge in [-0.25, -0.2) is 23.5 Å². The number of aromatic nitrogens is 2. The summed E-state index contributed by atoms with van der Waals surface area (Å²) in [6.07, 6.45) is 5.69. The number of hydrogen-bond donors (Lipinski definition) is 1. The summed E-state index contributed by atoms with van der Waals surface area (Å²) >= 11 is 0. The number of nitrogens with zero attached hydrogens (tertiary/aromatic N) is 4. The molecule has 4 rings (SSSR count). The summed E-state index contributed by atoms with van der Waals surface area (Å²) in [6, 6.07) is 9.84. The molecule has 0 bridgehead atoms. The van der Waals surface area contributed by atoms with Crippen LogP contribution in [0.1, 0.15) is 23.2 Å². The lowest BCUT2D eigenvalue weighted by Crippen LogP contribution is -2.48. The van der Waals surface area contributed by atoms with E-state index in [1.807, 2.05) is 0 Å². The molecule has 7 nitrogen and oxygen atoms in total. The first-order valence-electron chi connectivity index (χ1n) is 10.6. The molecule has 170 valence electrons. The number of rotatable bonds is 4. The molecule has 33 heavy (non-hydrogen) atoms. The molecular weight excluding hydrogens is 428 g/mol. The van der Waals surface area contributed by atoms with E-state index in [0.717, 1.165) is 6.07 Å². The number of urea groups is 1. The number of hydrogen-bond acceptors (Lipinski definition) is 4. The molecule has 0 saturated carbocycles. The van der Waals surface area contributed by atoms with Gasteiger partial charge in [-0.3, -0.25) is 4.79 Å². The van der Waals surface area contributed by atoms with Gasteiger partial charge in [-0.2, -0.15) is 0 Å². The second kappa shape index (κ2) is 9.72. The van der Waals surface area contributed by atoms with Crippen LogP contribution < -0.4 is 5.32 Å². The monoisotopic (exact) mass is 451 g/mol. The Hall–Kier alpha value is -3.88. The van der Waals surface area contributed by atoms with E-state index in [1.54, 1.807) is 41.1 Å². The zero-order chi connectivity index (χ0) is 23.4. The third-order valence-corrected chi connectivity index (χ3v) is 5.76. The van der Waals surface area contributed by atoms with Gasteiger partial charge in [-0.1, -0.05) is 12.1 Å². The van der Waals surface area contributed by atoms with E-state index < -0.39 is 11.6 Å². The molecule has 0 atom stereocenters. The van der Waals surface area contributed by atoms with Gasteiger partial charge in [0.25, 0.3) is 5.91 Å². The highest BCUT2D eigenvalue weighted by Crippen LogP contribution is 2.24. The summed E-state index contributed by atoms with van der Waals surface area (Å²) in [4.78, 5) is 36.4. The van der Waals surface area contributed by atoms with Crippen LogP contribution in [0, 0.1) is 11.6 Å². The van der Waals surface area contributed by atoms with Gasteiger partial charge >= 0.3 is 6.03 Å². The van der Waals surface area contributed by atoms with Gasteiger partial charge in [0.15, 0.2) is 0 Å². The van der Waals surface area contributed by atoms with Gasteiger partial charge in [0, 0.05) is 50.3 Å². The van der Waals surface area contributed by atoms with Gasteiger partial charge in [-0.15, -0.1) is 0 Å². The third kappa shape index (κ3) is 5.31. The summed E-state index contributed by atoms with van der Waals surface area (Å²) in [6.45, 7) is 1.07. The predicted molar refractivity (Wildman–Crippen MR) is 120 cm³/mol. The molecule has 0 radical (unpaired) electrons. The number of anilines is 1. The lowest BCUT2D eigenvalue weighted by molar-refractivity contribution is 0.0670. The zero-order valence-electron chi connectivity index (χ0n) is 18.0. The summed E-state index contributed by atoms with van der Waals surface area (Å²) < 4.78 is 26.9. The quantitative estimate of drug-likeness (QED) is 0.645. The van der Waals surface area contributed by atoms with Crippen molar-refractivity contribution < 1.29 is 18.4 Å². The number of piperidine rings is 1. The first-order chi connectivity index (χ1) is 15.9.